The average Bonchev–Trinajstić information content (AvgIpc) is 2.36. The second-order valence-electron chi connectivity index (χ2n) is 4.90. The van der Waals surface area contributed by atoms with Crippen LogP contribution < -0.4 is 0 Å². The molecule has 0 spiro atoms. The number of halogens is 1. The van der Waals surface area contributed by atoms with Crippen LogP contribution >= 0.6 is 11.6 Å². The number of benzene rings is 1. The number of carbonyl (C=O) groups excluding carboxylic acids is 1. The minimum Gasteiger partial charge on any atom is -0.294 e. The molecular weight excluding hydrogens is 244 g/mol. The highest BCUT2D eigenvalue weighted by Crippen LogP contribution is 2.18. The summed E-state index contributed by atoms with van der Waals surface area (Å²) in [5, 5.41) is 0.684. The molecule has 0 bridgehead atoms. The molecule has 18 heavy (non-hydrogen) atoms. The third-order valence-corrected chi connectivity index (χ3v) is 3.66. The van der Waals surface area contributed by atoms with Crippen LogP contribution in [0.3, 0.4) is 0 Å². The van der Waals surface area contributed by atoms with Crippen molar-refractivity contribution in [3.05, 3.63) is 34.3 Å². The van der Waals surface area contributed by atoms with Crippen molar-refractivity contribution in [1.82, 2.24) is 0 Å². The molecule has 0 atom stereocenters. The Balaban J connectivity index is 2.30. The molecule has 0 unspecified atom stereocenters. The van der Waals surface area contributed by atoms with E-state index in [1.165, 1.54) is 25.7 Å². The molecule has 0 saturated carbocycles. The van der Waals surface area contributed by atoms with E-state index in [-0.39, 0.29) is 5.78 Å². The fourth-order valence-electron chi connectivity index (χ4n) is 1.98. The van der Waals surface area contributed by atoms with Crippen LogP contribution in [0.1, 0.15) is 67.8 Å². The summed E-state index contributed by atoms with van der Waals surface area (Å²) < 4.78 is 0. The van der Waals surface area contributed by atoms with Crippen LogP contribution in [-0.4, -0.2) is 5.78 Å². The molecule has 0 fully saturated rings. The van der Waals surface area contributed by atoms with E-state index in [1.807, 2.05) is 19.1 Å². The maximum absolute atomic E-state index is 11.9. The Kier molecular flexibility index (Phi) is 7.04. The molecule has 0 aliphatic heterocycles. The lowest BCUT2D eigenvalue weighted by molar-refractivity contribution is 0.0979. The first kappa shape index (κ1) is 15.2. The standard InChI is InChI=1S/C16H23ClO/c1-3-4-5-6-7-8-9-16(18)14-11-10-13(2)15(17)12-14/h10-12H,3-9H2,1-2H3. The van der Waals surface area contributed by atoms with Gasteiger partial charge in [-0.1, -0.05) is 62.8 Å². The molecule has 0 aliphatic carbocycles. The summed E-state index contributed by atoms with van der Waals surface area (Å²) in [7, 11) is 0. The highest BCUT2D eigenvalue weighted by Gasteiger charge is 2.07. The molecular formula is C16H23ClO. The van der Waals surface area contributed by atoms with E-state index < -0.39 is 0 Å². The molecule has 0 amide bonds. The predicted molar refractivity (Wildman–Crippen MR) is 78.5 cm³/mol. The van der Waals surface area contributed by atoms with E-state index in [0.29, 0.717) is 11.4 Å². The van der Waals surface area contributed by atoms with Crippen LogP contribution in [0.15, 0.2) is 18.2 Å². The van der Waals surface area contributed by atoms with E-state index in [2.05, 4.69) is 6.92 Å². The molecule has 0 aromatic heterocycles. The van der Waals surface area contributed by atoms with E-state index >= 15 is 0 Å². The van der Waals surface area contributed by atoms with Crippen LogP contribution in [0.4, 0.5) is 0 Å². The van der Waals surface area contributed by atoms with Gasteiger partial charge < -0.3 is 0 Å². The first-order valence-electron chi connectivity index (χ1n) is 6.94. The maximum Gasteiger partial charge on any atom is 0.162 e. The number of Topliss-reactive ketones (excluding diaryl/α,β-unsaturated/α-hetero) is 1. The summed E-state index contributed by atoms with van der Waals surface area (Å²) in [6.07, 6.45) is 7.91. The zero-order valence-electron chi connectivity index (χ0n) is 11.5. The minimum atomic E-state index is 0.215. The lowest BCUT2D eigenvalue weighted by Gasteiger charge is -2.04. The molecule has 2 heteroatoms. The number of hydrogen-bond donors (Lipinski definition) is 0. The average molecular weight is 267 g/mol. The first-order chi connectivity index (χ1) is 8.65. The summed E-state index contributed by atoms with van der Waals surface area (Å²) in [4.78, 5) is 11.9. The van der Waals surface area contributed by atoms with Crippen LogP contribution in [0.2, 0.25) is 5.02 Å². The number of rotatable bonds is 8. The minimum absolute atomic E-state index is 0.215. The number of unbranched alkanes of at least 4 members (excludes halogenated alkanes) is 5. The smallest absolute Gasteiger partial charge is 0.162 e. The monoisotopic (exact) mass is 266 g/mol. The van der Waals surface area contributed by atoms with Crippen LogP contribution in [0.5, 0.6) is 0 Å². The number of aryl methyl sites for hydroxylation is 1. The highest BCUT2D eigenvalue weighted by atomic mass is 35.5. The topological polar surface area (TPSA) is 17.1 Å². The van der Waals surface area contributed by atoms with Crippen molar-refractivity contribution in [3.8, 4) is 0 Å². The van der Waals surface area contributed by atoms with Gasteiger partial charge in [0, 0.05) is 17.0 Å². The van der Waals surface area contributed by atoms with Crippen molar-refractivity contribution in [3.63, 3.8) is 0 Å². The zero-order chi connectivity index (χ0) is 13.4. The molecule has 0 heterocycles. The summed E-state index contributed by atoms with van der Waals surface area (Å²) in [6, 6.07) is 5.58. The van der Waals surface area contributed by atoms with Crippen molar-refractivity contribution < 1.29 is 4.79 Å². The summed E-state index contributed by atoms with van der Waals surface area (Å²) >= 11 is 6.02. The van der Waals surface area contributed by atoms with Crippen molar-refractivity contribution in [1.29, 1.82) is 0 Å². The Morgan fingerprint density at radius 3 is 2.44 bits per heavy atom. The third kappa shape index (κ3) is 5.22. The Morgan fingerprint density at radius 2 is 1.78 bits per heavy atom. The fourth-order valence-corrected chi connectivity index (χ4v) is 2.16. The molecule has 100 valence electrons. The number of hydrogen-bond acceptors (Lipinski definition) is 1. The van der Waals surface area contributed by atoms with Gasteiger partial charge in [-0.3, -0.25) is 4.79 Å². The molecule has 0 radical (unpaired) electrons. The van der Waals surface area contributed by atoms with E-state index in [4.69, 9.17) is 11.6 Å². The Labute approximate surface area is 116 Å². The summed E-state index contributed by atoms with van der Waals surface area (Å²) in [6.45, 7) is 4.16. The molecule has 0 N–H and O–H groups in total. The molecule has 1 aromatic carbocycles. The Hall–Kier alpha value is -0.820. The molecule has 1 aromatic rings. The quantitative estimate of drug-likeness (QED) is 0.443. The van der Waals surface area contributed by atoms with Crippen molar-refractivity contribution in [2.75, 3.05) is 0 Å². The largest absolute Gasteiger partial charge is 0.294 e. The van der Waals surface area contributed by atoms with Crippen molar-refractivity contribution in [2.24, 2.45) is 0 Å². The molecule has 1 rings (SSSR count). The fraction of sp³-hybridized carbons (Fsp3) is 0.562. The molecule has 1 nitrogen and oxygen atoms in total. The second kappa shape index (κ2) is 8.31. The first-order valence-corrected chi connectivity index (χ1v) is 7.32. The van der Waals surface area contributed by atoms with Crippen LogP contribution in [-0.2, 0) is 0 Å². The van der Waals surface area contributed by atoms with Gasteiger partial charge in [0.25, 0.3) is 0 Å². The third-order valence-electron chi connectivity index (χ3n) is 3.25. The maximum atomic E-state index is 11.9. The highest BCUT2D eigenvalue weighted by molar-refractivity contribution is 6.31. The van der Waals surface area contributed by atoms with Gasteiger partial charge in [0.05, 0.1) is 0 Å². The van der Waals surface area contributed by atoms with Gasteiger partial charge in [0.15, 0.2) is 5.78 Å². The van der Waals surface area contributed by atoms with Crippen molar-refractivity contribution in [2.45, 2.75) is 58.8 Å². The van der Waals surface area contributed by atoms with E-state index in [0.717, 1.165) is 24.0 Å². The lowest BCUT2D eigenvalue weighted by Crippen LogP contribution is -1.99. The van der Waals surface area contributed by atoms with Gasteiger partial charge >= 0.3 is 0 Å². The van der Waals surface area contributed by atoms with Crippen molar-refractivity contribution >= 4 is 17.4 Å². The van der Waals surface area contributed by atoms with Gasteiger partial charge in [-0.25, -0.2) is 0 Å². The van der Waals surface area contributed by atoms with E-state index in [1.54, 1.807) is 6.07 Å². The Morgan fingerprint density at radius 1 is 1.11 bits per heavy atom. The number of carbonyl (C=O) groups is 1. The normalized spacial score (nSPS) is 10.6. The molecule has 0 saturated heterocycles. The summed E-state index contributed by atoms with van der Waals surface area (Å²) in [5.74, 6) is 0.215. The van der Waals surface area contributed by atoms with Gasteiger partial charge in [-0.2, -0.15) is 0 Å². The SMILES string of the molecule is CCCCCCCCC(=O)c1ccc(C)c(Cl)c1. The number of ketones is 1. The Bertz CT molecular complexity index is 385. The summed E-state index contributed by atoms with van der Waals surface area (Å²) in [5.41, 5.74) is 1.77. The predicted octanol–water partition coefficient (Wildman–Crippen LogP) is 5.58. The van der Waals surface area contributed by atoms with Gasteiger partial charge in [0.2, 0.25) is 0 Å². The zero-order valence-corrected chi connectivity index (χ0v) is 12.2. The van der Waals surface area contributed by atoms with Gasteiger partial charge in [-0.15, -0.1) is 0 Å². The second-order valence-corrected chi connectivity index (χ2v) is 5.31. The lowest BCUT2D eigenvalue weighted by atomic mass is 10.0. The van der Waals surface area contributed by atoms with E-state index in [9.17, 15) is 4.79 Å². The van der Waals surface area contributed by atoms with Crippen LogP contribution in [0, 0.1) is 6.92 Å². The van der Waals surface area contributed by atoms with Gasteiger partial charge in [0.1, 0.15) is 0 Å². The van der Waals surface area contributed by atoms with Gasteiger partial charge in [-0.05, 0) is 25.0 Å². The van der Waals surface area contributed by atoms with Crippen LogP contribution in [0.25, 0.3) is 0 Å². The molecule has 0 aliphatic rings.